The van der Waals surface area contributed by atoms with Gasteiger partial charge in [-0.05, 0) is 19.1 Å². The van der Waals surface area contributed by atoms with Crippen molar-refractivity contribution in [2.75, 3.05) is 11.9 Å². The van der Waals surface area contributed by atoms with Gasteiger partial charge in [0.15, 0.2) is 18.0 Å². The lowest BCUT2D eigenvalue weighted by atomic mass is 10.2. The summed E-state index contributed by atoms with van der Waals surface area (Å²) in [5, 5.41) is 3.16. The van der Waals surface area contributed by atoms with E-state index < -0.39 is 0 Å². The lowest BCUT2D eigenvalue weighted by Gasteiger charge is -2.07. The van der Waals surface area contributed by atoms with Gasteiger partial charge in [-0.1, -0.05) is 12.1 Å². The monoisotopic (exact) mass is 276 g/mol. The molecule has 1 aromatic carbocycles. The minimum absolute atomic E-state index is 0.163. The normalized spacial score (nSPS) is 9.95. The van der Waals surface area contributed by atoms with Gasteiger partial charge in [-0.25, -0.2) is 4.98 Å². The van der Waals surface area contributed by atoms with E-state index in [1.54, 1.807) is 30.5 Å². The quantitative estimate of drug-likeness (QED) is 0.851. The molecule has 0 saturated heterocycles. The van der Waals surface area contributed by atoms with Crippen LogP contribution in [0.5, 0.6) is 5.75 Å². The Morgan fingerprint density at radius 2 is 2.26 bits per heavy atom. The summed E-state index contributed by atoms with van der Waals surface area (Å²) in [5.41, 5.74) is 0.417. The number of thiazole rings is 1. The standard InChI is InChI=1S/C13H12N2O3S/c1-9-6-14-13(19-9)15-12(17)8-18-11-5-3-2-4-10(11)7-16/h2-7H,8H2,1H3,(H,14,15,17). The van der Waals surface area contributed by atoms with Crippen LogP contribution in [0.2, 0.25) is 0 Å². The molecule has 0 radical (unpaired) electrons. The van der Waals surface area contributed by atoms with Crippen molar-refractivity contribution in [3.63, 3.8) is 0 Å². The Hall–Kier alpha value is -2.21. The molecule has 0 bridgehead atoms. The van der Waals surface area contributed by atoms with Crippen LogP contribution in [0.4, 0.5) is 5.13 Å². The summed E-state index contributed by atoms with van der Waals surface area (Å²) >= 11 is 1.39. The molecule has 1 amide bonds. The lowest BCUT2D eigenvalue weighted by molar-refractivity contribution is -0.118. The van der Waals surface area contributed by atoms with Crippen LogP contribution in [0.3, 0.4) is 0 Å². The fraction of sp³-hybridized carbons (Fsp3) is 0.154. The predicted molar refractivity (Wildman–Crippen MR) is 72.8 cm³/mol. The fourth-order valence-corrected chi connectivity index (χ4v) is 2.10. The molecule has 6 heteroatoms. The number of hydrogen-bond acceptors (Lipinski definition) is 5. The van der Waals surface area contributed by atoms with E-state index >= 15 is 0 Å². The van der Waals surface area contributed by atoms with Gasteiger partial charge in [-0.3, -0.25) is 14.9 Å². The van der Waals surface area contributed by atoms with Crippen LogP contribution in [0.1, 0.15) is 15.2 Å². The first-order valence-corrected chi connectivity index (χ1v) is 6.40. The van der Waals surface area contributed by atoms with Crippen LogP contribution in [-0.4, -0.2) is 23.8 Å². The van der Waals surface area contributed by atoms with Crippen LogP contribution >= 0.6 is 11.3 Å². The zero-order valence-electron chi connectivity index (χ0n) is 10.3. The van der Waals surface area contributed by atoms with E-state index in [9.17, 15) is 9.59 Å². The highest BCUT2D eigenvalue weighted by Crippen LogP contribution is 2.17. The summed E-state index contributed by atoms with van der Waals surface area (Å²) in [6.07, 6.45) is 2.38. The van der Waals surface area contributed by atoms with Crippen molar-refractivity contribution in [1.29, 1.82) is 0 Å². The number of aryl methyl sites for hydroxylation is 1. The third-order valence-corrected chi connectivity index (χ3v) is 3.10. The van der Waals surface area contributed by atoms with Gasteiger partial charge < -0.3 is 4.74 Å². The molecule has 0 saturated carbocycles. The number of para-hydroxylation sites is 1. The molecule has 0 aliphatic heterocycles. The Labute approximate surface area is 114 Å². The molecule has 98 valence electrons. The first-order valence-electron chi connectivity index (χ1n) is 5.58. The van der Waals surface area contributed by atoms with Gasteiger partial charge in [-0.2, -0.15) is 0 Å². The highest BCUT2D eigenvalue weighted by Gasteiger charge is 2.08. The molecule has 19 heavy (non-hydrogen) atoms. The molecule has 0 unspecified atom stereocenters. The molecule has 2 rings (SSSR count). The number of rotatable bonds is 5. The smallest absolute Gasteiger partial charge is 0.264 e. The summed E-state index contributed by atoms with van der Waals surface area (Å²) < 4.78 is 5.30. The maximum atomic E-state index is 11.6. The van der Waals surface area contributed by atoms with Gasteiger partial charge in [0.05, 0.1) is 5.56 Å². The average Bonchev–Trinajstić information content (AvgIpc) is 2.82. The number of carbonyl (C=O) groups excluding carboxylic acids is 2. The predicted octanol–water partition coefficient (Wildman–Crippen LogP) is 2.28. The van der Waals surface area contributed by atoms with Crippen LogP contribution in [0.15, 0.2) is 30.5 Å². The number of benzene rings is 1. The second-order valence-electron chi connectivity index (χ2n) is 3.77. The highest BCUT2D eigenvalue weighted by molar-refractivity contribution is 7.15. The average molecular weight is 276 g/mol. The molecule has 2 aromatic rings. The van der Waals surface area contributed by atoms with Crippen molar-refractivity contribution in [2.45, 2.75) is 6.92 Å². The van der Waals surface area contributed by atoms with E-state index in [1.807, 2.05) is 6.92 Å². The molecular formula is C13H12N2O3S. The minimum Gasteiger partial charge on any atom is -0.483 e. The van der Waals surface area contributed by atoms with Crippen LogP contribution in [0.25, 0.3) is 0 Å². The zero-order valence-corrected chi connectivity index (χ0v) is 11.1. The number of aromatic nitrogens is 1. The summed E-state index contributed by atoms with van der Waals surface area (Å²) in [6, 6.07) is 6.74. The summed E-state index contributed by atoms with van der Waals surface area (Å²) in [4.78, 5) is 27.4. The van der Waals surface area contributed by atoms with Crippen molar-refractivity contribution >= 4 is 28.7 Å². The van der Waals surface area contributed by atoms with Gasteiger partial charge in [0.2, 0.25) is 0 Å². The molecule has 0 aliphatic rings. The zero-order chi connectivity index (χ0) is 13.7. The fourth-order valence-electron chi connectivity index (χ4n) is 1.42. The number of carbonyl (C=O) groups is 2. The van der Waals surface area contributed by atoms with Gasteiger partial charge in [0.25, 0.3) is 5.91 Å². The Balaban J connectivity index is 1.91. The van der Waals surface area contributed by atoms with Gasteiger partial charge in [-0.15, -0.1) is 11.3 Å². The van der Waals surface area contributed by atoms with E-state index in [0.717, 1.165) is 4.88 Å². The summed E-state index contributed by atoms with van der Waals surface area (Å²) in [7, 11) is 0. The molecule has 1 heterocycles. The van der Waals surface area contributed by atoms with Gasteiger partial charge in [0.1, 0.15) is 5.75 Å². The van der Waals surface area contributed by atoms with E-state index in [1.165, 1.54) is 11.3 Å². The Morgan fingerprint density at radius 3 is 2.95 bits per heavy atom. The van der Waals surface area contributed by atoms with Crippen molar-refractivity contribution in [1.82, 2.24) is 4.98 Å². The number of nitrogens with one attached hydrogen (secondary N) is 1. The lowest BCUT2D eigenvalue weighted by Crippen LogP contribution is -2.20. The third-order valence-electron chi connectivity index (χ3n) is 2.27. The van der Waals surface area contributed by atoms with E-state index in [-0.39, 0.29) is 12.5 Å². The Morgan fingerprint density at radius 1 is 1.47 bits per heavy atom. The number of amides is 1. The molecular weight excluding hydrogens is 264 g/mol. The third kappa shape index (κ3) is 3.62. The first kappa shape index (κ1) is 13.2. The molecule has 0 aliphatic carbocycles. The van der Waals surface area contributed by atoms with Crippen molar-refractivity contribution < 1.29 is 14.3 Å². The van der Waals surface area contributed by atoms with Gasteiger partial charge in [0, 0.05) is 11.1 Å². The number of anilines is 1. The SMILES string of the molecule is Cc1cnc(NC(=O)COc2ccccc2C=O)s1. The number of aldehydes is 1. The summed E-state index contributed by atoms with van der Waals surface area (Å²) in [6.45, 7) is 1.74. The molecule has 0 atom stereocenters. The molecule has 0 fully saturated rings. The summed E-state index contributed by atoms with van der Waals surface area (Å²) in [5.74, 6) is 0.0815. The Kier molecular flexibility index (Phi) is 4.25. The second kappa shape index (κ2) is 6.10. The first-order chi connectivity index (χ1) is 9.19. The van der Waals surface area contributed by atoms with Crippen molar-refractivity contribution in [3.8, 4) is 5.75 Å². The number of hydrogen-bond donors (Lipinski definition) is 1. The van der Waals surface area contributed by atoms with Gasteiger partial charge >= 0.3 is 0 Å². The second-order valence-corrected chi connectivity index (χ2v) is 5.00. The maximum Gasteiger partial charge on any atom is 0.264 e. The van der Waals surface area contributed by atoms with Crippen LogP contribution in [-0.2, 0) is 4.79 Å². The molecule has 5 nitrogen and oxygen atoms in total. The number of nitrogens with zero attached hydrogens (tertiary/aromatic N) is 1. The van der Waals surface area contributed by atoms with E-state index in [2.05, 4.69) is 10.3 Å². The minimum atomic E-state index is -0.310. The molecule has 1 N–H and O–H groups in total. The highest BCUT2D eigenvalue weighted by atomic mass is 32.1. The van der Waals surface area contributed by atoms with E-state index in [0.29, 0.717) is 22.7 Å². The molecule has 1 aromatic heterocycles. The van der Waals surface area contributed by atoms with Crippen molar-refractivity contribution in [2.24, 2.45) is 0 Å². The molecule has 0 spiro atoms. The van der Waals surface area contributed by atoms with Crippen molar-refractivity contribution in [3.05, 3.63) is 40.9 Å². The van der Waals surface area contributed by atoms with E-state index in [4.69, 9.17) is 4.74 Å². The Bertz CT molecular complexity index is 595. The largest absolute Gasteiger partial charge is 0.483 e. The van der Waals surface area contributed by atoms with Crippen LogP contribution < -0.4 is 10.1 Å². The topological polar surface area (TPSA) is 68.3 Å². The maximum absolute atomic E-state index is 11.6. The number of ether oxygens (including phenoxy) is 1. The van der Waals surface area contributed by atoms with Crippen LogP contribution in [0, 0.1) is 6.92 Å².